The van der Waals surface area contributed by atoms with Gasteiger partial charge in [0.05, 0.1) is 12.2 Å². The molecule has 0 radical (unpaired) electrons. The van der Waals surface area contributed by atoms with E-state index in [9.17, 15) is 18.1 Å². The maximum Gasteiger partial charge on any atom is 1.00 e. The third-order valence-corrected chi connectivity index (χ3v) is 13.7. The first-order valence-corrected chi connectivity index (χ1v) is 19.4. The Morgan fingerprint density at radius 1 is 0.978 bits per heavy atom. The second-order valence-electron chi connectivity index (χ2n) is 16.1. The summed E-state index contributed by atoms with van der Waals surface area (Å²) in [6.07, 6.45) is 13.0. The fourth-order valence-corrected chi connectivity index (χ4v) is 11.4. The zero-order chi connectivity index (χ0) is 32.8. The van der Waals surface area contributed by atoms with Crippen molar-refractivity contribution in [1.29, 1.82) is 0 Å². The predicted octanol–water partition coefficient (Wildman–Crippen LogP) is 3.57. The zero-order valence-corrected chi connectivity index (χ0v) is 33.6. The van der Waals surface area contributed by atoms with Gasteiger partial charge in [0.25, 0.3) is 0 Å². The van der Waals surface area contributed by atoms with Gasteiger partial charge in [-0.3, -0.25) is 4.18 Å². The van der Waals surface area contributed by atoms with E-state index in [1.165, 1.54) is 44.9 Å². The van der Waals surface area contributed by atoms with Crippen LogP contribution in [0.4, 0.5) is 0 Å². The molecule has 0 bridgehead atoms. The van der Waals surface area contributed by atoms with Crippen LogP contribution in [0.2, 0.25) is 0 Å². The number of nitrogens with one attached hydrogen (secondary N) is 2. The second-order valence-corrected chi connectivity index (χ2v) is 17.1. The number of azide groups is 1. The quantitative estimate of drug-likeness (QED) is 0.0400. The van der Waals surface area contributed by atoms with Crippen LogP contribution in [0.5, 0.6) is 0 Å². The summed E-state index contributed by atoms with van der Waals surface area (Å²) in [7, 11) is -4.71. The molecule has 0 amide bonds. The van der Waals surface area contributed by atoms with E-state index in [4.69, 9.17) is 9.71 Å². The molecule has 10 nitrogen and oxygen atoms in total. The fraction of sp³-hybridized carbons (Fsp3) is 1.00. The number of unbranched alkanes of at least 4 members (excludes halogenated alkanes) is 1. The van der Waals surface area contributed by atoms with E-state index in [2.05, 4.69) is 41.4 Å². The standard InChI is InChI=1S/C34H63N5O5S.K/c1-23(2)31(44-45(41,42)43)12-9-24(3)27-10-11-28-32-29(14-16-34(27,28)5)33(4)15-13-26(21-25(33)22-30(32)40)37-19-8-18-36-17-6-7-20-38-39-35;/h23-32,36-37,40H,6-22H2,1-5H3,(H,41,42,43);/q;+1/p-1/t24?,25-,26+,27-,28?,29?,30-,31-,32?,33+,34-;/m1./s1. The Bertz CT molecular complexity index is 1110. The molecule has 4 rings (SSSR count). The maximum atomic E-state index is 11.8. The number of nitrogens with zero attached hydrogens (tertiary/aromatic N) is 3. The summed E-state index contributed by atoms with van der Waals surface area (Å²) in [5.41, 5.74) is 8.84. The van der Waals surface area contributed by atoms with E-state index in [0.717, 1.165) is 51.7 Å². The van der Waals surface area contributed by atoms with Gasteiger partial charge in [-0.2, -0.15) is 0 Å². The Morgan fingerprint density at radius 2 is 1.67 bits per heavy atom. The molecule has 0 heterocycles. The summed E-state index contributed by atoms with van der Waals surface area (Å²) >= 11 is 0. The van der Waals surface area contributed by atoms with Gasteiger partial charge < -0.3 is 20.3 Å². The minimum Gasteiger partial charge on any atom is -0.726 e. The van der Waals surface area contributed by atoms with Crippen LogP contribution in [0.15, 0.2) is 5.11 Å². The van der Waals surface area contributed by atoms with Crippen molar-refractivity contribution in [2.24, 2.45) is 57.4 Å². The number of hydrogen-bond donors (Lipinski definition) is 3. The molecule has 260 valence electrons. The molecule has 4 aliphatic carbocycles. The second kappa shape index (κ2) is 18.3. The number of aliphatic hydroxyl groups excluding tert-OH is 1. The van der Waals surface area contributed by atoms with Crippen molar-refractivity contribution in [2.75, 3.05) is 26.2 Å². The summed E-state index contributed by atoms with van der Waals surface area (Å²) in [5.74, 6) is 3.00. The minimum atomic E-state index is -4.71. The van der Waals surface area contributed by atoms with Crippen molar-refractivity contribution in [2.45, 2.75) is 136 Å². The van der Waals surface area contributed by atoms with Crippen molar-refractivity contribution in [3.63, 3.8) is 0 Å². The van der Waals surface area contributed by atoms with Gasteiger partial charge in [-0.05, 0) is 161 Å². The Morgan fingerprint density at radius 3 is 2.37 bits per heavy atom. The molecule has 4 aliphatic rings. The summed E-state index contributed by atoms with van der Waals surface area (Å²) in [5, 5.41) is 22.7. The molecule has 11 atom stereocenters. The van der Waals surface area contributed by atoms with Crippen LogP contribution in [-0.2, 0) is 14.6 Å². The molecule has 4 fully saturated rings. The first kappa shape index (κ1) is 41.1. The van der Waals surface area contributed by atoms with Crippen LogP contribution in [0.25, 0.3) is 10.4 Å². The SMILES string of the molecule is CC(CC[C@@H](OS(=O)(=O)[O-])C(C)C)[C@H]1CCC2C3C(CC[C@@]21C)[C@@]1(C)CC[C@H](NCCCNCCCCN=[N+]=[N-])C[C@@H]1C[C@H]3O.[K+]. The number of aliphatic hydroxyl groups is 1. The van der Waals surface area contributed by atoms with E-state index in [0.29, 0.717) is 59.9 Å². The van der Waals surface area contributed by atoms with Crippen molar-refractivity contribution in [3.05, 3.63) is 10.4 Å². The van der Waals surface area contributed by atoms with E-state index >= 15 is 0 Å². The first-order valence-electron chi connectivity index (χ1n) is 18.1. The number of hydrogen-bond acceptors (Lipinski definition) is 8. The normalized spacial score (nSPS) is 36.9. The van der Waals surface area contributed by atoms with Gasteiger partial charge >= 0.3 is 51.4 Å². The molecule has 4 unspecified atom stereocenters. The average Bonchev–Trinajstić information content (AvgIpc) is 3.33. The molecule has 0 aromatic carbocycles. The number of fused-ring (bicyclic) bond motifs is 5. The van der Waals surface area contributed by atoms with E-state index < -0.39 is 16.5 Å². The predicted molar refractivity (Wildman–Crippen MR) is 177 cm³/mol. The molecule has 46 heavy (non-hydrogen) atoms. The largest absolute Gasteiger partial charge is 1.00 e. The molecule has 0 aromatic heterocycles. The fourth-order valence-electron chi connectivity index (χ4n) is 10.8. The van der Waals surface area contributed by atoms with Crippen LogP contribution in [0.1, 0.15) is 118 Å². The molecule has 0 spiro atoms. The number of rotatable bonds is 17. The third kappa shape index (κ3) is 10.1. The molecule has 4 saturated carbocycles. The topological polar surface area (TPSA) is 159 Å². The molecule has 3 N–H and O–H groups in total. The zero-order valence-electron chi connectivity index (χ0n) is 29.6. The van der Waals surface area contributed by atoms with Gasteiger partial charge in [-0.1, -0.05) is 39.7 Å². The molecule has 0 saturated heterocycles. The average molecular weight is 692 g/mol. The van der Waals surface area contributed by atoms with Crippen molar-refractivity contribution in [1.82, 2.24) is 10.6 Å². The summed E-state index contributed by atoms with van der Waals surface area (Å²) in [6.45, 7) is 14.7. The molecular formula is C34H62KN5O5S. The van der Waals surface area contributed by atoms with Crippen LogP contribution in [0, 0.1) is 52.3 Å². The Labute approximate surface area is 322 Å². The monoisotopic (exact) mass is 691 g/mol. The molecule has 0 aliphatic heterocycles. The first-order chi connectivity index (χ1) is 21.3. The third-order valence-electron chi connectivity index (χ3n) is 13.2. The van der Waals surface area contributed by atoms with Crippen molar-refractivity contribution >= 4 is 10.4 Å². The van der Waals surface area contributed by atoms with Gasteiger partial charge in [0, 0.05) is 17.5 Å². The summed E-state index contributed by atoms with van der Waals surface area (Å²) < 4.78 is 38.8. The van der Waals surface area contributed by atoms with Gasteiger partial charge in [0.1, 0.15) is 0 Å². The Hall–Kier alpha value is 0.696. The molecule has 12 heteroatoms. The Balaban J connectivity index is 0.00000576. The van der Waals surface area contributed by atoms with E-state index in [1.807, 2.05) is 13.8 Å². The van der Waals surface area contributed by atoms with Gasteiger partial charge in [-0.15, -0.1) is 0 Å². The van der Waals surface area contributed by atoms with Crippen LogP contribution in [-0.4, -0.2) is 62.5 Å². The van der Waals surface area contributed by atoms with Gasteiger partial charge in [-0.25, -0.2) is 8.42 Å². The van der Waals surface area contributed by atoms with Crippen LogP contribution >= 0.6 is 0 Å². The minimum absolute atomic E-state index is 0. The van der Waals surface area contributed by atoms with E-state index in [-0.39, 0.29) is 68.8 Å². The smallest absolute Gasteiger partial charge is 0.726 e. The van der Waals surface area contributed by atoms with Crippen LogP contribution in [0.3, 0.4) is 0 Å². The van der Waals surface area contributed by atoms with Gasteiger partial charge in [0.2, 0.25) is 10.4 Å². The molecular weight excluding hydrogens is 630 g/mol. The van der Waals surface area contributed by atoms with Gasteiger partial charge in [0.15, 0.2) is 0 Å². The van der Waals surface area contributed by atoms with Crippen molar-refractivity contribution in [3.8, 4) is 0 Å². The van der Waals surface area contributed by atoms with Crippen LogP contribution < -0.4 is 62.0 Å². The maximum absolute atomic E-state index is 11.8. The van der Waals surface area contributed by atoms with E-state index in [1.54, 1.807) is 0 Å². The summed E-state index contributed by atoms with van der Waals surface area (Å²) in [6, 6.07) is 0.538. The molecule has 0 aromatic rings. The Kier molecular flexibility index (Phi) is 16.3. The summed E-state index contributed by atoms with van der Waals surface area (Å²) in [4.78, 5) is 2.80. The van der Waals surface area contributed by atoms with Crippen molar-refractivity contribution < 1.29 is 73.6 Å².